The molecule has 0 aromatic carbocycles. The van der Waals surface area contributed by atoms with Gasteiger partial charge in [-0.15, -0.1) is 0 Å². The lowest BCUT2D eigenvalue weighted by molar-refractivity contribution is -0.135. The number of carbonyl (C=O) groups is 1. The van der Waals surface area contributed by atoms with Crippen molar-refractivity contribution in [2.75, 3.05) is 19.6 Å². The van der Waals surface area contributed by atoms with Gasteiger partial charge in [0, 0.05) is 25.0 Å². The van der Waals surface area contributed by atoms with Gasteiger partial charge in [-0.25, -0.2) is 0 Å². The van der Waals surface area contributed by atoms with Crippen molar-refractivity contribution in [3.05, 3.63) is 0 Å². The number of fused-ring (bicyclic) bond motifs is 2. The molecule has 0 radical (unpaired) electrons. The Morgan fingerprint density at radius 2 is 2.23 bits per heavy atom. The molecule has 0 aromatic heterocycles. The second kappa shape index (κ2) is 3.29. The molecule has 0 spiro atoms. The number of hydrogen-bond donors (Lipinski definition) is 1. The van der Waals surface area contributed by atoms with Crippen molar-refractivity contribution in [2.45, 2.75) is 26.3 Å². The summed E-state index contributed by atoms with van der Waals surface area (Å²) >= 11 is 0. The maximum Gasteiger partial charge on any atom is 0.225 e. The van der Waals surface area contributed by atoms with Crippen LogP contribution in [0.2, 0.25) is 0 Å². The van der Waals surface area contributed by atoms with E-state index in [1.807, 2.05) is 13.8 Å². The third-order valence-electron chi connectivity index (χ3n) is 3.09. The summed E-state index contributed by atoms with van der Waals surface area (Å²) in [6.45, 7) is 7.04. The van der Waals surface area contributed by atoms with Crippen molar-refractivity contribution in [1.82, 2.24) is 10.2 Å². The second-order valence-corrected chi connectivity index (χ2v) is 4.56. The summed E-state index contributed by atoms with van der Waals surface area (Å²) in [5, 5.41) is 3.38. The first-order valence-corrected chi connectivity index (χ1v) is 5.19. The van der Waals surface area contributed by atoms with Crippen LogP contribution in [-0.2, 0) is 4.79 Å². The monoisotopic (exact) mass is 182 g/mol. The van der Waals surface area contributed by atoms with Gasteiger partial charge in [0.05, 0.1) is 0 Å². The topological polar surface area (TPSA) is 32.3 Å². The fraction of sp³-hybridized carbons (Fsp3) is 0.900. The van der Waals surface area contributed by atoms with Crippen LogP contribution >= 0.6 is 0 Å². The third kappa shape index (κ3) is 1.57. The van der Waals surface area contributed by atoms with Gasteiger partial charge < -0.3 is 10.2 Å². The van der Waals surface area contributed by atoms with Crippen LogP contribution in [0, 0.1) is 11.8 Å². The zero-order valence-corrected chi connectivity index (χ0v) is 8.42. The van der Waals surface area contributed by atoms with E-state index in [0.717, 1.165) is 19.6 Å². The van der Waals surface area contributed by atoms with Gasteiger partial charge in [0.25, 0.3) is 0 Å². The van der Waals surface area contributed by atoms with Gasteiger partial charge >= 0.3 is 0 Å². The van der Waals surface area contributed by atoms with Crippen LogP contribution in [0.1, 0.15) is 20.3 Å². The molecule has 1 N–H and O–H groups in total. The molecule has 2 atom stereocenters. The van der Waals surface area contributed by atoms with Crippen LogP contribution in [-0.4, -0.2) is 36.5 Å². The molecule has 3 heteroatoms. The zero-order valence-electron chi connectivity index (χ0n) is 8.42. The van der Waals surface area contributed by atoms with Gasteiger partial charge in [-0.3, -0.25) is 4.79 Å². The molecule has 0 saturated carbocycles. The number of hydrogen-bond acceptors (Lipinski definition) is 2. The Morgan fingerprint density at radius 1 is 1.46 bits per heavy atom. The number of amides is 1. The van der Waals surface area contributed by atoms with Crippen LogP contribution < -0.4 is 5.32 Å². The van der Waals surface area contributed by atoms with E-state index in [4.69, 9.17) is 0 Å². The molecule has 0 aromatic rings. The molecule has 2 aliphatic rings. The molecule has 3 nitrogen and oxygen atoms in total. The van der Waals surface area contributed by atoms with Gasteiger partial charge in [0.15, 0.2) is 0 Å². The normalized spacial score (nSPS) is 32.7. The number of nitrogens with zero attached hydrogens (tertiary/aromatic N) is 1. The summed E-state index contributed by atoms with van der Waals surface area (Å²) in [5.41, 5.74) is 0. The van der Waals surface area contributed by atoms with Gasteiger partial charge in [0.1, 0.15) is 0 Å². The molecule has 2 aliphatic heterocycles. The molecule has 13 heavy (non-hydrogen) atoms. The molecule has 2 rings (SSSR count). The first-order valence-electron chi connectivity index (χ1n) is 5.19. The molecular weight excluding hydrogens is 164 g/mol. The molecule has 2 saturated heterocycles. The van der Waals surface area contributed by atoms with Gasteiger partial charge in [-0.1, -0.05) is 13.8 Å². The van der Waals surface area contributed by atoms with Crippen LogP contribution in [0.15, 0.2) is 0 Å². The average molecular weight is 182 g/mol. The lowest BCUT2D eigenvalue weighted by Crippen LogP contribution is -2.43. The molecular formula is C10H18N2O. The largest absolute Gasteiger partial charge is 0.338 e. The minimum absolute atomic E-state index is 0.152. The summed E-state index contributed by atoms with van der Waals surface area (Å²) in [4.78, 5) is 13.9. The van der Waals surface area contributed by atoms with E-state index < -0.39 is 0 Å². The summed E-state index contributed by atoms with van der Waals surface area (Å²) < 4.78 is 0. The first-order chi connectivity index (χ1) is 6.18. The first kappa shape index (κ1) is 9.00. The maximum atomic E-state index is 11.8. The summed E-state index contributed by atoms with van der Waals surface area (Å²) in [7, 11) is 0. The summed E-state index contributed by atoms with van der Waals surface area (Å²) in [5.74, 6) is 1.19. The number of likely N-dealkylation sites (tertiary alicyclic amines) is 1. The van der Waals surface area contributed by atoms with Crippen LogP contribution in [0.5, 0.6) is 0 Å². The van der Waals surface area contributed by atoms with E-state index in [1.165, 1.54) is 6.42 Å². The van der Waals surface area contributed by atoms with E-state index in [0.29, 0.717) is 17.9 Å². The molecule has 2 bridgehead atoms. The van der Waals surface area contributed by atoms with E-state index in [2.05, 4.69) is 10.2 Å². The van der Waals surface area contributed by atoms with E-state index in [9.17, 15) is 4.79 Å². The minimum Gasteiger partial charge on any atom is -0.338 e. The van der Waals surface area contributed by atoms with E-state index in [1.54, 1.807) is 0 Å². The standard InChI is InChI=1S/C10H18N2O/c1-7(2)10(13)12-6-8-3-9(12)5-11-4-8/h7-9,11H,3-6H2,1-2H3/t8-,9+/m1/s1. The Bertz CT molecular complexity index is 215. The molecule has 74 valence electrons. The van der Waals surface area contributed by atoms with Crippen molar-refractivity contribution in [2.24, 2.45) is 11.8 Å². The van der Waals surface area contributed by atoms with Crippen molar-refractivity contribution in [3.63, 3.8) is 0 Å². The quantitative estimate of drug-likeness (QED) is 0.639. The number of nitrogens with one attached hydrogen (secondary N) is 1. The molecule has 2 heterocycles. The molecule has 2 fully saturated rings. The van der Waals surface area contributed by atoms with Crippen molar-refractivity contribution in [3.8, 4) is 0 Å². The third-order valence-corrected chi connectivity index (χ3v) is 3.09. The average Bonchev–Trinajstić information content (AvgIpc) is 2.40. The van der Waals surface area contributed by atoms with Gasteiger partial charge in [0.2, 0.25) is 5.91 Å². The zero-order chi connectivity index (χ0) is 9.42. The van der Waals surface area contributed by atoms with Gasteiger partial charge in [-0.05, 0) is 18.9 Å². The van der Waals surface area contributed by atoms with Crippen molar-refractivity contribution < 1.29 is 4.79 Å². The fourth-order valence-electron chi connectivity index (χ4n) is 2.41. The van der Waals surface area contributed by atoms with Crippen LogP contribution in [0.4, 0.5) is 0 Å². The smallest absolute Gasteiger partial charge is 0.225 e. The predicted molar refractivity (Wildman–Crippen MR) is 51.3 cm³/mol. The highest BCUT2D eigenvalue weighted by Crippen LogP contribution is 2.26. The minimum atomic E-state index is 0.152. The Morgan fingerprint density at radius 3 is 2.85 bits per heavy atom. The van der Waals surface area contributed by atoms with Crippen molar-refractivity contribution >= 4 is 5.91 Å². The Balaban J connectivity index is 2.04. The number of carbonyl (C=O) groups excluding carboxylic acids is 1. The Hall–Kier alpha value is -0.570. The van der Waals surface area contributed by atoms with Crippen LogP contribution in [0.3, 0.4) is 0 Å². The highest BCUT2D eigenvalue weighted by molar-refractivity contribution is 5.78. The highest BCUT2D eigenvalue weighted by atomic mass is 16.2. The Kier molecular flexibility index (Phi) is 2.28. The summed E-state index contributed by atoms with van der Waals surface area (Å²) in [6, 6.07) is 0.480. The SMILES string of the molecule is CC(C)C(=O)N1C[C@H]2CNC[C@@H]1C2. The molecule has 0 aliphatic carbocycles. The predicted octanol–water partition coefficient (Wildman–Crippen LogP) is 0.463. The van der Waals surface area contributed by atoms with Crippen molar-refractivity contribution in [1.29, 1.82) is 0 Å². The lowest BCUT2D eigenvalue weighted by Gasteiger charge is -2.26. The Labute approximate surface area is 79.5 Å². The number of rotatable bonds is 1. The van der Waals surface area contributed by atoms with Gasteiger partial charge in [-0.2, -0.15) is 0 Å². The lowest BCUT2D eigenvalue weighted by atomic mass is 10.0. The van der Waals surface area contributed by atoms with E-state index in [-0.39, 0.29) is 5.92 Å². The molecule has 0 unspecified atom stereocenters. The highest BCUT2D eigenvalue weighted by Gasteiger charge is 2.38. The van der Waals surface area contributed by atoms with E-state index >= 15 is 0 Å². The fourth-order valence-corrected chi connectivity index (χ4v) is 2.41. The molecule has 1 amide bonds. The number of piperidine rings is 1. The second-order valence-electron chi connectivity index (χ2n) is 4.56. The van der Waals surface area contributed by atoms with Crippen LogP contribution in [0.25, 0.3) is 0 Å². The summed E-state index contributed by atoms with van der Waals surface area (Å²) in [6.07, 6.45) is 1.21. The maximum absolute atomic E-state index is 11.8.